The number of aromatic nitrogens is 3. The first-order valence-corrected chi connectivity index (χ1v) is 8.53. The molecule has 0 atom stereocenters. The van der Waals surface area contributed by atoms with Crippen molar-refractivity contribution in [3.8, 4) is 0 Å². The van der Waals surface area contributed by atoms with Gasteiger partial charge in [0.1, 0.15) is 17.2 Å². The second kappa shape index (κ2) is 6.44. The van der Waals surface area contributed by atoms with Gasteiger partial charge in [-0.2, -0.15) is 0 Å². The maximum atomic E-state index is 14.0. The Kier molecular flexibility index (Phi) is 4.13. The lowest BCUT2D eigenvalue weighted by atomic mass is 10.00. The zero-order valence-electron chi connectivity index (χ0n) is 14.1. The molecule has 0 bridgehead atoms. The van der Waals surface area contributed by atoms with Crippen LogP contribution in [-0.4, -0.2) is 27.2 Å². The normalized spacial score (nSPS) is 15.8. The smallest absolute Gasteiger partial charge is 0.276 e. The predicted molar refractivity (Wildman–Crippen MR) is 92.5 cm³/mol. The van der Waals surface area contributed by atoms with E-state index >= 15 is 0 Å². The number of imidazole rings is 1. The van der Waals surface area contributed by atoms with E-state index in [2.05, 4.69) is 4.98 Å². The summed E-state index contributed by atoms with van der Waals surface area (Å²) in [7, 11) is 0. The molecule has 0 N–H and O–H groups in total. The van der Waals surface area contributed by atoms with Crippen LogP contribution in [0, 0.1) is 12.7 Å². The van der Waals surface area contributed by atoms with Crippen LogP contribution in [0.15, 0.2) is 41.5 Å². The first-order valence-electron chi connectivity index (χ1n) is 8.53. The number of ether oxygens (including phenoxy) is 1. The second-order valence-corrected chi connectivity index (χ2v) is 6.51. The van der Waals surface area contributed by atoms with Crippen molar-refractivity contribution < 1.29 is 9.13 Å². The van der Waals surface area contributed by atoms with Crippen molar-refractivity contribution in [1.82, 2.24) is 14.0 Å². The minimum absolute atomic E-state index is 0.144. The van der Waals surface area contributed by atoms with Gasteiger partial charge in [-0.15, -0.1) is 0 Å². The third-order valence-electron chi connectivity index (χ3n) is 4.90. The van der Waals surface area contributed by atoms with Gasteiger partial charge in [0.15, 0.2) is 0 Å². The molecule has 0 amide bonds. The maximum Gasteiger partial charge on any atom is 0.276 e. The second-order valence-electron chi connectivity index (χ2n) is 6.51. The summed E-state index contributed by atoms with van der Waals surface area (Å²) in [6, 6.07) is 6.54. The topological polar surface area (TPSA) is 48.5 Å². The highest BCUT2D eigenvalue weighted by molar-refractivity contribution is 5.45. The minimum Gasteiger partial charge on any atom is -0.381 e. The number of aryl methyl sites for hydroxylation is 1. The molecule has 5 nitrogen and oxygen atoms in total. The van der Waals surface area contributed by atoms with Gasteiger partial charge in [-0.3, -0.25) is 9.20 Å². The fourth-order valence-corrected chi connectivity index (χ4v) is 3.48. The van der Waals surface area contributed by atoms with Crippen LogP contribution < -0.4 is 5.56 Å². The maximum absolute atomic E-state index is 14.0. The first kappa shape index (κ1) is 16.0. The number of fused-ring (bicyclic) bond motifs is 1. The highest BCUT2D eigenvalue weighted by atomic mass is 19.1. The van der Waals surface area contributed by atoms with E-state index < -0.39 is 0 Å². The standard InChI is InChI=1S/C19H20FN3O2/c1-13-11-23-17(10-21-18(23)14-6-8-25-9-7-14)19(24)22(13)12-15-4-2-3-5-16(15)20/h2-5,10-11,14H,6-9,12H2,1H3. The largest absolute Gasteiger partial charge is 0.381 e. The molecular weight excluding hydrogens is 321 g/mol. The summed E-state index contributed by atoms with van der Waals surface area (Å²) in [5.41, 5.74) is 1.67. The quantitative estimate of drug-likeness (QED) is 0.736. The summed E-state index contributed by atoms with van der Waals surface area (Å²) in [6.07, 6.45) is 5.38. The summed E-state index contributed by atoms with van der Waals surface area (Å²) < 4.78 is 22.9. The minimum atomic E-state index is -0.301. The van der Waals surface area contributed by atoms with Gasteiger partial charge in [-0.05, 0) is 25.8 Å². The fraction of sp³-hybridized carbons (Fsp3) is 0.368. The number of rotatable bonds is 3. The van der Waals surface area contributed by atoms with Crippen molar-refractivity contribution in [2.45, 2.75) is 32.2 Å². The Balaban J connectivity index is 1.78. The van der Waals surface area contributed by atoms with Crippen LogP contribution in [0.3, 0.4) is 0 Å². The average molecular weight is 341 g/mol. The Morgan fingerprint density at radius 1 is 1.28 bits per heavy atom. The summed E-state index contributed by atoms with van der Waals surface area (Å²) >= 11 is 0. The summed E-state index contributed by atoms with van der Waals surface area (Å²) in [5.74, 6) is 0.916. The summed E-state index contributed by atoms with van der Waals surface area (Å²) in [4.78, 5) is 17.4. The molecule has 0 radical (unpaired) electrons. The van der Waals surface area contributed by atoms with Crippen molar-refractivity contribution in [2.24, 2.45) is 0 Å². The van der Waals surface area contributed by atoms with Gasteiger partial charge in [-0.1, -0.05) is 18.2 Å². The average Bonchev–Trinajstić information content (AvgIpc) is 3.04. The van der Waals surface area contributed by atoms with Crippen LogP contribution in [0.4, 0.5) is 4.39 Å². The van der Waals surface area contributed by atoms with Crippen molar-refractivity contribution in [2.75, 3.05) is 13.2 Å². The molecule has 0 spiro atoms. The summed E-state index contributed by atoms with van der Waals surface area (Å²) in [6.45, 7) is 3.53. The van der Waals surface area contributed by atoms with Crippen molar-refractivity contribution in [3.63, 3.8) is 0 Å². The highest BCUT2D eigenvalue weighted by Gasteiger charge is 2.22. The number of halogens is 1. The third-order valence-corrected chi connectivity index (χ3v) is 4.90. The molecule has 1 saturated heterocycles. The lowest BCUT2D eigenvalue weighted by molar-refractivity contribution is 0.0835. The number of nitrogens with zero attached hydrogens (tertiary/aromatic N) is 3. The molecule has 3 aromatic rings. The van der Waals surface area contributed by atoms with E-state index in [1.807, 2.05) is 17.5 Å². The van der Waals surface area contributed by atoms with E-state index in [1.165, 1.54) is 6.07 Å². The molecule has 0 aliphatic carbocycles. The molecule has 6 heteroatoms. The van der Waals surface area contributed by atoms with Gasteiger partial charge in [0.2, 0.25) is 0 Å². The van der Waals surface area contributed by atoms with Crippen LogP contribution >= 0.6 is 0 Å². The lowest BCUT2D eigenvalue weighted by Gasteiger charge is -2.21. The van der Waals surface area contributed by atoms with Gasteiger partial charge in [0, 0.05) is 36.6 Å². The van der Waals surface area contributed by atoms with E-state index in [0.717, 1.165) is 37.6 Å². The SMILES string of the molecule is Cc1cn2c(C3CCOCC3)ncc2c(=O)n1Cc1ccccc1F. The number of hydrogen-bond donors (Lipinski definition) is 0. The monoisotopic (exact) mass is 341 g/mol. The first-order chi connectivity index (χ1) is 12.1. The van der Waals surface area contributed by atoms with Gasteiger partial charge in [0.25, 0.3) is 5.56 Å². The third kappa shape index (κ3) is 2.87. The van der Waals surface area contributed by atoms with Crippen LogP contribution in [0.1, 0.15) is 35.8 Å². The van der Waals surface area contributed by atoms with Crippen molar-refractivity contribution in [1.29, 1.82) is 0 Å². The lowest BCUT2D eigenvalue weighted by Crippen LogP contribution is -2.26. The van der Waals surface area contributed by atoms with E-state index in [1.54, 1.807) is 29.0 Å². The van der Waals surface area contributed by atoms with E-state index in [4.69, 9.17) is 4.74 Å². The summed E-state index contributed by atoms with van der Waals surface area (Å²) in [5, 5.41) is 0. The molecule has 1 fully saturated rings. The molecule has 25 heavy (non-hydrogen) atoms. The zero-order valence-corrected chi connectivity index (χ0v) is 14.1. The molecule has 3 heterocycles. The molecule has 1 aliphatic rings. The van der Waals surface area contributed by atoms with Crippen LogP contribution in [0.5, 0.6) is 0 Å². The fourth-order valence-electron chi connectivity index (χ4n) is 3.48. The Hall–Kier alpha value is -2.47. The molecule has 130 valence electrons. The molecular formula is C19H20FN3O2. The van der Waals surface area contributed by atoms with Gasteiger partial charge < -0.3 is 9.30 Å². The van der Waals surface area contributed by atoms with Gasteiger partial charge in [-0.25, -0.2) is 9.37 Å². The van der Waals surface area contributed by atoms with Gasteiger partial charge in [0.05, 0.1) is 12.7 Å². The Labute approximate surface area is 144 Å². The Morgan fingerprint density at radius 2 is 2.04 bits per heavy atom. The van der Waals surface area contributed by atoms with Gasteiger partial charge >= 0.3 is 0 Å². The van der Waals surface area contributed by atoms with E-state index in [0.29, 0.717) is 17.0 Å². The molecule has 1 aromatic carbocycles. The van der Waals surface area contributed by atoms with Crippen LogP contribution in [0.25, 0.3) is 5.52 Å². The molecule has 0 saturated carbocycles. The van der Waals surface area contributed by atoms with E-state index in [9.17, 15) is 9.18 Å². The zero-order chi connectivity index (χ0) is 17.4. The number of benzene rings is 1. The van der Waals surface area contributed by atoms with Crippen LogP contribution in [-0.2, 0) is 11.3 Å². The van der Waals surface area contributed by atoms with E-state index in [-0.39, 0.29) is 17.9 Å². The van der Waals surface area contributed by atoms with Crippen molar-refractivity contribution in [3.05, 3.63) is 69.9 Å². The van der Waals surface area contributed by atoms with Crippen molar-refractivity contribution >= 4 is 5.52 Å². The van der Waals surface area contributed by atoms with Crippen LogP contribution in [0.2, 0.25) is 0 Å². The Bertz CT molecular complexity index is 970. The molecule has 2 aromatic heterocycles. The molecule has 0 unspecified atom stereocenters. The highest BCUT2D eigenvalue weighted by Crippen LogP contribution is 2.26. The molecule has 4 rings (SSSR count). The Morgan fingerprint density at radius 3 is 2.80 bits per heavy atom. The predicted octanol–water partition coefficient (Wildman–Crippen LogP) is 2.89. The number of hydrogen-bond acceptors (Lipinski definition) is 3. The molecule has 1 aliphatic heterocycles.